The van der Waals surface area contributed by atoms with Crippen molar-refractivity contribution in [2.45, 2.75) is 0 Å². The Hall–Kier alpha value is -0.850. The Kier molecular flexibility index (Phi) is 3.94. The molecule has 0 unspecified atom stereocenters. The van der Waals surface area contributed by atoms with Gasteiger partial charge in [-0.15, -0.1) is 5.06 Å². The van der Waals surface area contributed by atoms with Crippen LogP contribution in [0.1, 0.15) is 0 Å². The largest absolute Gasteiger partial charge is 0.423 e. The van der Waals surface area contributed by atoms with Crippen molar-refractivity contribution in [1.82, 2.24) is 9.96 Å². The van der Waals surface area contributed by atoms with E-state index in [1.165, 1.54) is 5.06 Å². The molecule has 0 aromatic carbocycles. The summed E-state index contributed by atoms with van der Waals surface area (Å²) in [6.07, 6.45) is -0.768. The van der Waals surface area contributed by atoms with E-state index in [9.17, 15) is 4.79 Å². The number of nitrogens with two attached hydrogens (primary N) is 1. The molecule has 0 aromatic rings. The van der Waals surface area contributed by atoms with Crippen LogP contribution in [-0.2, 0) is 4.84 Å². The summed E-state index contributed by atoms with van der Waals surface area (Å²) in [7, 11) is 0. The van der Waals surface area contributed by atoms with Crippen molar-refractivity contribution in [2.24, 2.45) is 5.73 Å². The zero-order valence-electron chi connectivity index (χ0n) is 7.48. The average molecular weight is 189 g/mol. The first-order valence-electron chi connectivity index (χ1n) is 4.28. The van der Waals surface area contributed by atoms with Crippen molar-refractivity contribution in [1.29, 1.82) is 0 Å². The van der Waals surface area contributed by atoms with Crippen LogP contribution in [0, 0.1) is 0 Å². The second kappa shape index (κ2) is 5.00. The minimum atomic E-state index is -0.768. The lowest BCUT2D eigenvalue weighted by Gasteiger charge is -2.32. The first-order chi connectivity index (χ1) is 6.22. The molecule has 1 rings (SSSR count). The average Bonchev–Trinajstić information content (AvgIpc) is 2.08. The number of primary amides is 1. The van der Waals surface area contributed by atoms with Crippen molar-refractivity contribution in [3.8, 4) is 0 Å². The molecule has 1 aliphatic rings. The summed E-state index contributed by atoms with van der Waals surface area (Å²) >= 11 is 0. The fourth-order valence-corrected chi connectivity index (χ4v) is 1.31. The third-order valence-corrected chi connectivity index (χ3v) is 1.97. The molecular weight excluding hydrogens is 174 g/mol. The van der Waals surface area contributed by atoms with Gasteiger partial charge in [0, 0.05) is 32.7 Å². The molecule has 0 saturated carbocycles. The van der Waals surface area contributed by atoms with Crippen molar-refractivity contribution in [2.75, 3.05) is 39.3 Å². The lowest BCUT2D eigenvalue weighted by Crippen LogP contribution is -2.48. The summed E-state index contributed by atoms with van der Waals surface area (Å²) in [4.78, 5) is 17.2. The molecule has 1 amide bonds. The maximum Gasteiger partial charge on any atom is 0.423 e. The topological polar surface area (TPSA) is 79.0 Å². The van der Waals surface area contributed by atoms with Gasteiger partial charge in [0.1, 0.15) is 0 Å². The van der Waals surface area contributed by atoms with Crippen molar-refractivity contribution in [3.05, 3.63) is 0 Å². The molecule has 6 heteroatoms. The number of rotatable bonds is 3. The van der Waals surface area contributed by atoms with Crippen LogP contribution in [0.25, 0.3) is 0 Å². The summed E-state index contributed by atoms with van der Waals surface area (Å²) in [5, 5.41) is 10.2. The summed E-state index contributed by atoms with van der Waals surface area (Å²) in [5.41, 5.74) is 4.86. The fourth-order valence-electron chi connectivity index (χ4n) is 1.31. The maximum atomic E-state index is 10.4. The smallest absolute Gasteiger partial charge is 0.395 e. The van der Waals surface area contributed by atoms with E-state index in [4.69, 9.17) is 15.7 Å². The minimum Gasteiger partial charge on any atom is -0.395 e. The highest BCUT2D eigenvalue weighted by Crippen LogP contribution is 2.01. The van der Waals surface area contributed by atoms with E-state index >= 15 is 0 Å². The van der Waals surface area contributed by atoms with Gasteiger partial charge in [0.05, 0.1) is 6.61 Å². The van der Waals surface area contributed by atoms with Gasteiger partial charge in [-0.1, -0.05) is 0 Å². The van der Waals surface area contributed by atoms with Crippen LogP contribution in [-0.4, -0.2) is 60.5 Å². The Bertz CT molecular complexity index is 168. The first kappa shape index (κ1) is 10.2. The van der Waals surface area contributed by atoms with Gasteiger partial charge in [0.15, 0.2) is 0 Å². The number of carbonyl (C=O) groups excluding carboxylic acids is 1. The number of piperazine rings is 1. The second-order valence-corrected chi connectivity index (χ2v) is 2.90. The Morgan fingerprint density at radius 3 is 2.46 bits per heavy atom. The predicted octanol–water partition coefficient (Wildman–Crippen LogP) is -1.39. The van der Waals surface area contributed by atoms with Gasteiger partial charge in [-0.25, -0.2) is 4.79 Å². The van der Waals surface area contributed by atoms with Crippen molar-refractivity contribution < 1.29 is 14.7 Å². The maximum absolute atomic E-state index is 10.4. The molecule has 0 atom stereocenters. The molecule has 0 aliphatic carbocycles. The standard InChI is InChI=1S/C7H15N3O3/c8-7(12)13-10-3-1-9(2-4-10)5-6-11/h11H,1-6H2,(H2,8,12). The molecule has 1 aliphatic heterocycles. The molecule has 6 nitrogen and oxygen atoms in total. The fraction of sp³-hybridized carbons (Fsp3) is 0.857. The zero-order valence-corrected chi connectivity index (χ0v) is 7.48. The number of aliphatic hydroxyl groups excluding tert-OH is 1. The van der Waals surface area contributed by atoms with E-state index < -0.39 is 6.09 Å². The summed E-state index contributed by atoms with van der Waals surface area (Å²) in [6.45, 7) is 3.69. The van der Waals surface area contributed by atoms with Gasteiger partial charge >= 0.3 is 6.09 Å². The monoisotopic (exact) mass is 189 g/mol. The molecular formula is C7H15N3O3. The highest BCUT2D eigenvalue weighted by molar-refractivity contribution is 5.64. The van der Waals surface area contributed by atoms with E-state index in [0.29, 0.717) is 19.6 Å². The predicted molar refractivity (Wildman–Crippen MR) is 45.8 cm³/mol. The van der Waals surface area contributed by atoms with Crippen LogP contribution < -0.4 is 5.73 Å². The second-order valence-electron chi connectivity index (χ2n) is 2.90. The molecule has 76 valence electrons. The molecule has 1 saturated heterocycles. The lowest BCUT2D eigenvalue weighted by molar-refractivity contribution is -0.120. The van der Waals surface area contributed by atoms with Gasteiger partial charge in [0.25, 0.3) is 0 Å². The van der Waals surface area contributed by atoms with E-state index in [2.05, 4.69) is 4.90 Å². The Labute approximate surface area is 76.8 Å². The number of aliphatic hydroxyl groups is 1. The van der Waals surface area contributed by atoms with Crippen molar-refractivity contribution in [3.63, 3.8) is 0 Å². The molecule has 1 fully saturated rings. The molecule has 0 aromatic heterocycles. The van der Waals surface area contributed by atoms with Crippen LogP contribution in [0.5, 0.6) is 0 Å². The Balaban J connectivity index is 2.18. The minimum absolute atomic E-state index is 0.163. The zero-order chi connectivity index (χ0) is 9.68. The van der Waals surface area contributed by atoms with Crippen LogP contribution in [0.15, 0.2) is 0 Å². The quantitative estimate of drug-likeness (QED) is 0.571. The van der Waals surface area contributed by atoms with E-state index in [0.717, 1.165) is 13.1 Å². The number of hydroxylamine groups is 2. The summed E-state index contributed by atoms with van der Waals surface area (Å²) in [6, 6.07) is 0. The van der Waals surface area contributed by atoms with E-state index in [1.54, 1.807) is 0 Å². The number of hydrogen-bond donors (Lipinski definition) is 2. The third kappa shape index (κ3) is 3.58. The van der Waals surface area contributed by atoms with E-state index in [-0.39, 0.29) is 6.61 Å². The van der Waals surface area contributed by atoms with Crippen molar-refractivity contribution >= 4 is 6.09 Å². The van der Waals surface area contributed by atoms with Gasteiger partial charge in [-0.05, 0) is 0 Å². The van der Waals surface area contributed by atoms with Gasteiger partial charge < -0.3 is 15.7 Å². The number of β-amino-alcohol motifs (C(OH)–C–C–N with tert-alkyl or cyclic N) is 1. The van der Waals surface area contributed by atoms with E-state index in [1.807, 2.05) is 0 Å². The lowest BCUT2D eigenvalue weighted by atomic mass is 10.3. The Morgan fingerprint density at radius 2 is 2.00 bits per heavy atom. The van der Waals surface area contributed by atoms with Gasteiger partial charge in [-0.2, -0.15) is 0 Å². The first-order valence-corrected chi connectivity index (χ1v) is 4.28. The molecule has 0 bridgehead atoms. The SMILES string of the molecule is NC(=O)ON1CCN(CCO)CC1. The van der Waals surface area contributed by atoms with Gasteiger partial charge in [0.2, 0.25) is 0 Å². The normalized spacial score (nSPS) is 20.1. The molecule has 0 spiro atoms. The third-order valence-electron chi connectivity index (χ3n) is 1.97. The highest BCUT2D eigenvalue weighted by Gasteiger charge is 2.18. The highest BCUT2D eigenvalue weighted by atomic mass is 16.7. The molecule has 3 N–H and O–H groups in total. The van der Waals surface area contributed by atoms with Crippen LogP contribution >= 0.6 is 0 Å². The number of carbonyl (C=O) groups is 1. The summed E-state index contributed by atoms with van der Waals surface area (Å²) < 4.78 is 0. The molecule has 13 heavy (non-hydrogen) atoms. The van der Waals surface area contributed by atoms with Crippen LogP contribution in [0.4, 0.5) is 4.79 Å². The number of amides is 1. The van der Waals surface area contributed by atoms with Gasteiger partial charge in [-0.3, -0.25) is 4.90 Å². The Morgan fingerprint density at radius 1 is 1.38 bits per heavy atom. The number of hydrogen-bond acceptors (Lipinski definition) is 5. The van der Waals surface area contributed by atoms with Crippen LogP contribution in [0.2, 0.25) is 0 Å². The van der Waals surface area contributed by atoms with Crippen LogP contribution in [0.3, 0.4) is 0 Å². The molecule has 0 radical (unpaired) electrons. The molecule has 1 heterocycles. The summed E-state index contributed by atoms with van der Waals surface area (Å²) in [5.74, 6) is 0. The number of nitrogens with zero attached hydrogens (tertiary/aromatic N) is 2.